The molecule has 0 radical (unpaired) electrons. The summed E-state index contributed by atoms with van der Waals surface area (Å²) in [5.41, 5.74) is 1.18. The van der Waals surface area contributed by atoms with Gasteiger partial charge in [0.1, 0.15) is 0 Å². The van der Waals surface area contributed by atoms with Gasteiger partial charge in [0.25, 0.3) is 0 Å². The van der Waals surface area contributed by atoms with Crippen LogP contribution in [0.3, 0.4) is 0 Å². The van der Waals surface area contributed by atoms with Crippen LogP contribution >= 0.6 is 22.7 Å². The summed E-state index contributed by atoms with van der Waals surface area (Å²) < 4.78 is 0. The second-order valence-corrected chi connectivity index (χ2v) is 10.4. The van der Waals surface area contributed by atoms with Crippen LogP contribution < -0.4 is 10.6 Å². The number of guanidine groups is 1. The van der Waals surface area contributed by atoms with Crippen LogP contribution in [0.25, 0.3) is 0 Å². The van der Waals surface area contributed by atoms with Crippen LogP contribution in [0.4, 0.5) is 0 Å². The monoisotopic (exact) mass is 419 g/mol. The number of thiazole rings is 1. The van der Waals surface area contributed by atoms with Gasteiger partial charge in [-0.3, -0.25) is 9.89 Å². The number of nitrogens with one attached hydrogen (secondary N) is 2. The summed E-state index contributed by atoms with van der Waals surface area (Å²) in [7, 11) is 4.08. The maximum Gasteiger partial charge on any atom is 0.191 e. The molecule has 28 heavy (non-hydrogen) atoms. The van der Waals surface area contributed by atoms with E-state index < -0.39 is 0 Å². The Morgan fingerprint density at radius 2 is 2.14 bits per heavy atom. The van der Waals surface area contributed by atoms with Crippen molar-refractivity contribution in [3.05, 3.63) is 38.5 Å². The van der Waals surface area contributed by atoms with Crippen LogP contribution in [0.2, 0.25) is 0 Å². The number of likely N-dealkylation sites (tertiary alicyclic amines) is 1. The number of thiophene rings is 1. The smallest absolute Gasteiger partial charge is 0.191 e. The molecule has 0 bridgehead atoms. The van der Waals surface area contributed by atoms with Gasteiger partial charge in [-0.15, -0.1) is 22.7 Å². The Bertz CT molecular complexity index is 760. The molecule has 1 fully saturated rings. The van der Waals surface area contributed by atoms with Crippen LogP contribution in [-0.4, -0.2) is 43.0 Å². The first-order valence-corrected chi connectivity index (χ1v) is 11.8. The number of hydrogen-bond acceptors (Lipinski definition) is 5. The second-order valence-electron chi connectivity index (χ2n) is 8.54. The fraction of sp³-hybridized carbons (Fsp3) is 0.619. The van der Waals surface area contributed by atoms with Crippen LogP contribution in [0.5, 0.6) is 0 Å². The van der Waals surface area contributed by atoms with Crippen molar-refractivity contribution in [2.75, 3.05) is 27.2 Å². The average molecular weight is 420 g/mol. The standard InChI is InChI=1S/C21H33N5S2/c1-21(2,3)19-25-16(14-28-19)13-24-20(22-4)23-12-15-8-6-10-26(5)18(15)17-9-7-11-27-17/h7,9,11,14-15,18H,6,8,10,12-13H2,1-5H3,(H2,22,23,24). The van der Waals surface area contributed by atoms with Gasteiger partial charge < -0.3 is 10.6 Å². The first-order valence-electron chi connectivity index (χ1n) is 10.0. The highest BCUT2D eigenvalue weighted by Crippen LogP contribution is 2.36. The Morgan fingerprint density at radius 3 is 2.79 bits per heavy atom. The lowest BCUT2D eigenvalue weighted by atomic mass is 9.88. The number of hydrogen-bond donors (Lipinski definition) is 2. The largest absolute Gasteiger partial charge is 0.356 e. The first kappa shape index (κ1) is 21.3. The molecule has 3 rings (SSSR count). The van der Waals surface area contributed by atoms with E-state index in [1.54, 1.807) is 11.3 Å². The summed E-state index contributed by atoms with van der Waals surface area (Å²) in [5.74, 6) is 1.44. The molecule has 2 aromatic heterocycles. The van der Waals surface area contributed by atoms with Gasteiger partial charge in [0.15, 0.2) is 5.96 Å². The highest BCUT2D eigenvalue weighted by atomic mass is 32.1. The first-order chi connectivity index (χ1) is 13.4. The van der Waals surface area contributed by atoms with E-state index in [9.17, 15) is 0 Å². The molecule has 1 aliphatic rings. The average Bonchev–Trinajstić information content (AvgIpc) is 3.33. The Labute approximate surface area is 177 Å². The minimum absolute atomic E-state index is 0.104. The lowest BCUT2D eigenvalue weighted by Crippen LogP contribution is -2.44. The summed E-state index contributed by atoms with van der Waals surface area (Å²) in [6.45, 7) is 9.41. The van der Waals surface area contributed by atoms with Crippen molar-refractivity contribution < 1.29 is 0 Å². The zero-order chi connectivity index (χ0) is 20.1. The van der Waals surface area contributed by atoms with Gasteiger partial charge in [-0.25, -0.2) is 4.98 Å². The number of nitrogens with zero attached hydrogens (tertiary/aromatic N) is 3. The zero-order valence-corrected chi connectivity index (χ0v) is 19.3. The molecule has 5 nitrogen and oxygen atoms in total. The molecular weight excluding hydrogens is 386 g/mol. The van der Waals surface area contributed by atoms with Gasteiger partial charge in [-0.1, -0.05) is 26.8 Å². The predicted molar refractivity (Wildman–Crippen MR) is 121 cm³/mol. The molecule has 2 unspecified atom stereocenters. The van der Waals surface area contributed by atoms with Crippen LogP contribution in [-0.2, 0) is 12.0 Å². The van der Waals surface area contributed by atoms with E-state index in [1.807, 2.05) is 18.4 Å². The molecule has 0 aliphatic carbocycles. The maximum absolute atomic E-state index is 4.76. The van der Waals surface area contributed by atoms with E-state index in [-0.39, 0.29) is 5.41 Å². The van der Waals surface area contributed by atoms with Crippen molar-refractivity contribution in [3.8, 4) is 0 Å². The van der Waals surface area contributed by atoms with Crippen LogP contribution in [0.1, 0.15) is 55.2 Å². The van der Waals surface area contributed by atoms with E-state index in [0.29, 0.717) is 18.5 Å². The Balaban J connectivity index is 1.55. The van der Waals surface area contributed by atoms with Crippen LogP contribution in [0, 0.1) is 5.92 Å². The predicted octanol–water partition coefficient (Wildman–Crippen LogP) is 4.25. The molecule has 1 saturated heterocycles. The summed E-state index contributed by atoms with van der Waals surface area (Å²) in [6, 6.07) is 4.92. The SMILES string of the molecule is CN=C(NCc1csc(C(C)(C)C)n1)NCC1CCCN(C)C1c1cccs1. The fourth-order valence-electron chi connectivity index (χ4n) is 3.74. The van der Waals surface area contributed by atoms with Crippen LogP contribution in [0.15, 0.2) is 27.9 Å². The summed E-state index contributed by atoms with van der Waals surface area (Å²) in [4.78, 5) is 13.1. The molecular formula is C21H33N5S2. The Hall–Kier alpha value is -1.44. The van der Waals surface area contributed by atoms with Gasteiger partial charge in [-0.2, -0.15) is 0 Å². The summed E-state index contributed by atoms with van der Waals surface area (Å²) in [5, 5.41) is 12.5. The molecule has 1 aliphatic heterocycles. The third-order valence-corrected chi connectivity index (χ3v) is 7.49. The quantitative estimate of drug-likeness (QED) is 0.562. The van der Waals surface area contributed by atoms with E-state index in [1.165, 1.54) is 29.3 Å². The van der Waals surface area contributed by atoms with Gasteiger partial charge in [0.05, 0.1) is 17.2 Å². The normalized spacial score (nSPS) is 21.7. The fourth-order valence-corrected chi connectivity index (χ4v) is 5.63. The van der Waals surface area contributed by atoms with E-state index in [0.717, 1.165) is 18.2 Å². The van der Waals surface area contributed by atoms with E-state index in [4.69, 9.17) is 4.98 Å². The minimum Gasteiger partial charge on any atom is -0.356 e. The summed E-state index contributed by atoms with van der Waals surface area (Å²) >= 11 is 3.60. The van der Waals surface area contributed by atoms with Crippen molar-refractivity contribution in [2.45, 2.75) is 51.6 Å². The number of aromatic nitrogens is 1. The Kier molecular flexibility index (Phi) is 7.12. The molecule has 7 heteroatoms. The number of piperidine rings is 1. The molecule has 0 amide bonds. The molecule has 3 heterocycles. The van der Waals surface area contributed by atoms with Crippen molar-refractivity contribution in [3.63, 3.8) is 0 Å². The van der Waals surface area contributed by atoms with Crippen molar-refractivity contribution in [1.29, 1.82) is 0 Å². The van der Waals surface area contributed by atoms with Crippen molar-refractivity contribution >= 4 is 28.6 Å². The van der Waals surface area contributed by atoms with Crippen molar-refractivity contribution in [2.24, 2.45) is 10.9 Å². The third kappa shape index (κ3) is 5.33. The minimum atomic E-state index is 0.104. The highest BCUT2D eigenvalue weighted by Gasteiger charge is 2.31. The third-order valence-electron chi connectivity index (χ3n) is 5.23. The molecule has 0 spiro atoms. The number of rotatable bonds is 5. The lowest BCUT2D eigenvalue weighted by Gasteiger charge is -2.39. The van der Waals surface area contributed by atoms with Gasteiger partial charge in [0, 0.05) is 35.3 Å². The van der Waals surface area contributed by atoms with E-state index >= 15 is 0 Å². The lowest BCUT2D eigenvalue weighted by molar-refractivity contribution is 0.125. The molecule has 0 saturated carbocycles. The maximum atomic E-state index is 4.76. The van der Waals surface area contributed by atoms with Gasteiger partial charge in [-0.05, 0) is 43.8 Å². The summed E-state index contributed by atoms with van der Waals surface area (Å²) in [6.07, 6.45) is 2.50. The van der Waals surface area contributed by atoms with Gasteiger partial charge >= 0.3 is 0 Å². The second kappa shape index (κ2) is 9.37. The highest BCUT2D eigenvalue weighted by molar-refractivity contribution is 7.10. The van der Waals surface area contributed by atoms with E-state index in [2.05, 4.69) is 71.2 Å². The molecule has 154 valence electrons. The molecule has 0 aromatic carbocycles. The van der Waals surface area contributed by atoms with Crippen molar-refractivity contribution in [1.82, 2.24) is 20.5 Å². The topological polar surface area (TPSA) is 52.6 Å². The molecule has 2 atom stereocenters. The molecule has 2 aromatic rings. The zero-order valence-electron chi connectivity index (χ0n) is 17.7. The van der Waals surface area contributed by atoms with Gasteiger partial charge in [0.2, 0.25) is 0 Å². The Morgan fingerprint density at radius 1 is 1.32 bits per heavy atom. The number of aliphatic imine (C=N–C) groups is 1. The molecule has 2 N–H and O–H groups in total.